The van der Waals surface area contributed by atoms with Crippen LogP contribution in [-0.2, 0) is 0 Å². The zero-order valence-corrected chi connectivity index (χ0v) is 10.0. The van der Waals surface area contributed by atoms with Gasteiger partial charge in [0.2, 0.25) is 0 Å². The largest absolute Gasteiger partial charge is 0.396 e. The second kappa shape index (κ2) is 4.45. The van der Waals surface area contributed by atoms with Crippen molar-refractivity contribution < 1.29 is 5.11 Å². The van der Waals surface area contributed by atoms with Gasteiger partial charge in [0, 0.05) is 23.3 Å². The van der Waals surface area contributed by atoms with Gasteiger partial charge in [0.15, 0.2) is 0 Å². The van der Waals surface area contributed by atoms with E-state index in [9.17, 15) is 0 Å². The van der Waals surface area contributed by atoms with Gasteiger partial charge in [-0.3, -0.25) is 0 Å². The molecule has 0 aromatic heterocycles. The van der Waals surface area contributed by atoms with Gasteiger partial charge in [-0.15, -0.1) is 11.8 Å². The van der Waals surface area contributed by atoms with Crippen molar-refractivity contribution in [1.82, 2.24) is 0 Å². The fraction of sp³-hybridized carbons (Fsp3) is 0.500. The molecule has 2 nitrogen and oxygen atoms in total. The highest BCUT2D eigenvalue weighted by Crippen LogP contribution is 2.38. The van der Waals surface area contributed by atoms with Crippen molar-refractivity contribution in [2.45, 2.75) is 31.2 Å². The maximum absolute atomic E-state index is 8.94. The van der Waals surface area contributed by atoms with Crippen molar-refractivity contribution >= 4 is 17.4 Å². The minimum absolute atomic E-state index is 0.262. The van der Waals surface area contributed by atoms with Gasteiger partial charge in [0.25, 0.3) is 0 Å². The van der Waals surface area contributed by atoms with E-state index in [1.807, 2.05) is 11.8 Å². The van der Waals surface area contributed by atoms with E-state index in [-0.39, 0.29) is 6.61 Å². The van der Waals surface area contributed by atoms with Crippen LogP contribution in [0.4, 0.5) is 5.69 Å². The van der Waals surface area contributed by atoms with E-state index in [4.69, 9.17) is 5.11 Å². The van der Waals surface area contributed by atoms with Gasteiger partial charge >= 0.3 is 0 Å². The van der Waals surface area contributed by atoms with E-state index in [1.54, 1.807) is 0 Å². The number of aliphatic hydroxyl groups is 1. The smallest absolute Gasteiger partial charge is 0.0513 e. The molecule has 0 fully saturated rings. The molecule has 0 saturated carbocycles. The number of benzene rings is 1. The molecule has 1 unspecified atom stereocenters. The average molecular weight is 223 g/mol. The molecule has 0 amide bonds. The lowest BCUT2D eigenvalue weighted by atomic mass is 10.1. The minimum atomic E-state index is 0.262. The Hall–Kier alpha value is -0.670. The highest BCUT2D eigenvalue weighted by molar-refractivity contribution is 7.99. The van der Waals surface area contributed by atoms with Crippen LogP contribution in [0.1, 0.15) is 17.5 Å². The molecule has 82 valence electrons. The molecule has 1 aliphatic heterocycles. The Morgan fingerprint density at radius 1 is 1.40 bits per heavy atom. The van der Waals surface area contributed by atoms with Crippen LogP contribution in [0.15, 0.2) is 17.0 Å². The summed E-state index contributed by atoms with van der Waals surface area (Å²) in [5.74, 6) is 1.05. The summed E-state index contributed by atoms with van der Waals surface area (Å²) < 4.78 is 0. The van der Waals surface area contributed by atoms with Crippen LogP contribution >= 0.6 is 11.8 Å². The molecule has 1 heterocycles. The molecule has 2 rings (SSSR count). The van der Waals surface area contributed by atoms with Crippen LogP contribution in [0.5, 0.6) is 0 Å². The third kappa shape index (κ3) is 2.13. The predicted octanol–water partition coefficient (Wildman–Crippen LogP) is 2.57. The zero-order valence-electron chi connectivity index (χ0n) is 9.21. The number of hydrogen-bond donors (Lipinski definition) is 2. The summed E-state index contributed by atoms with van der Waals surface area (Å²) in [6, 6.07) is 4.74. The Bertz CT molecular complexity index is 365. The summed E-state index contributed by atoms with van der Waals surface area (Å²) in [4.78, 5) is 1.38. The summed E-state index contributed by atoms with van der Waals surface area (Å²) in [6.07, 6.45) is 0.833. The Morgan fingerprint density at radius 2 is 2.13 bits per heavy atom. The van der Waals surface area contributed by atoms with E-state index in [0.717, 1.165) is 12.2 Å². The van der Waals surface area contributed by atoms with Gasteiger partial charge in [-0.2, -0.15) is 0 Å². The van der Waals surface area contributed by atoms with Gasteiger partial charge in [-0.1, -0.05) is 12.1 Å². The molecular weight excluding hydrogens is 206 g/mol. The number of nitrogens with one attached hydrogen (secondary N) is 1. The van der Waals surface area contributed by atoms with Crippen LogP contribution in [0.2, 0.25) is 0 Å². The molecule has 2 N–H and O–H groups in total. The minimum Gasteiger partial charge on any atom is -0.396 e. The first-order chi connectivity index (χ1) is 7.22. The van der Waals surface area contributed by atoms with Crippen LogP contribution in [-0.4, -0.2) is 23.5 Å². The van der Waals surface area contributed by atoms with Crippen LogP contribution in [0.25, 0.3) is 0 Å². The van der Waals surface area contributed by atoms with Crippen LogP contribution in [0.3, 0.4) is 0 Å². The van der Waals surface area contributed by atoms with Crippen molar-refractivity contribution in [2.75, 3.05) is 17.7 Å². The average Bonchev–Trinajstić information content (AvgIpc) is 2.24. The number of thioether (sulfide) groups is 1. The summed E-state index contributed by atoms with van der Waals surface area (Å²) >= 11 is 1.90. The highest BCUT2D eigenvalue weighted by Gasteiger charge is 2.20. The normalized spacial score (nSPS) is 19.5. The van der Waals surface area contributed by atoms with Crippen molar-refractivity contribution in [3.63, 3.8) is 0 Å². The van der Waals surface area contributed by atoms with Crippen molar-refractivity contribution in [1.29, 1.82) is 0 Å². The van der Waals surface area contributed by atoms with E-state index in [1.165, 1.54) is 21.7 Å². The summed E-state index contributed by atoms with van der Waals surface area (Å²) in [5.41, 5.74) is 3.91. The second-order valence-corrected chi connectivity index (χ2v) is 5.10. The lowest BCUT2D eigenvalue weighted by molar-refractivity contribution is 0.282. The Morgan fingerprint density at radius 3 is 2.87 bits per heavy atom. The van der Waals surface area contributed by atoms with E-state index < -0.39 is 0 Å². The molecule has 0 saturated heterocycles. The fourth-order valence-electron chi connectivity index (χ4n) is 1.89. The number of aliphatic hydroxyl groups excluding tert-OH is 1. The maximum atomic E-state index is 8.94. The maximum Gasteiger partial charge on any atom is 0.0513 e. The lowest BCUT2D eigenvalue weighted by Gasteiger charge is -2.28. The molecule has 0 aliphatic carbocycles. The summed E-state index contributed by atoms with van der Waals surface area (Å²) in [7, 11) is 0. The van der Waals surface area contributed by atoms with E-state index in [2.05, 4.69) is 31.3 Å². The molecule has 0 radical (unpaired) electrons. The number of hydrogen-bond acceptors (Lipinski definition) is 3. The topological polar surface area (TPSA) is 32.3 Å². The van der Waals surface area contributed by atoms with Gasteiger partial charge in [0.1, 0.15) is 0 Å². The molecular formula is C12H17NOS. The summed E-state index contributed by atoms with van der Waals surface area (Å²) in [5, 5.41) is 12.5. The van der Waals surface area contributed by atoms with Gasteiger partial charge in [-0.25, -0.2) is 0 Å². The molecule has 1 aromatic carbocycles. The first kappa shape index (κ1) is 10.8. The Labute approximate surface area is 95.1 Å². The third-order valence-electron chi connectivity index (χ3n) is 2.82. The van der Waals surface area contributed by atoms with Crippen molar-refractivity contribution in [2.24, 2.45) is 0 Å². The van der Waals surface area contributed by atoms with Crippen LogP contribution in [0, 0.1) is 13.8 Å². The molecule has 1 atom stereocenters. The van der Waals surface area contributed by atoms with E-state index >= 15 is 0 Å². The number of fused-ring (bicyclic) bond motifs is 1. The highest BCUT2D eigenvalue weighted by atomic mass is 32.2. The molecule has 1 aromatic rings. The van der Waals surface area contributed by atoms with Gasteiger partial charge in [-0.05, 0) is 31.4 Å². The van der Waals surface area contributed by atoms with Crippen LogP contribution < -0.4 is 5.32 Å². The number of aryl methyl sites for hydroxylation is 2. The standard InChI is InChI=1S/C12H17NOS/c1-8-3-4-9(2)12-11(8)13-10(5-6-14)7-15-12/h3-4,10,13-14H,5-7H2,1-2H3. The van der Waals surface area contributed by atoms with Gasteiger partial charge < -0.3 is 10.4 Å². The zero-order chi connectivity index (χ0) is 10.8. The predicted molar refractivity (Wildman–Crippen MR) is 65.8 cm³/mol. The Balaban J connectivity index is 2.28. The Kier molecular flexibility index (Phi) is 3.22. The third-order valence-corrected chi connectivity index (χ3v) is 4.20. The summed E-state index contributed by atoms with van der Waals surface area (Å²) in [6.45, 7) is 4.55. The second-order valence-electron chi connectivity index (χ2n) is 4.07. The molecule has 1 aliphatic rings. The fourth-order valence-corrected chi connectivity index (χ4v) is 3.17. The molecule has 15 heavy (non-hydrogen) atoms. The first-order valence-electron chi connectivity index (χ1n) is 5.32. The number of rotatable bonds is 2. The SMILES string of the molecule is Cc1ccc(C)c2c1NC(CCO)CS2. The van der Waals surface area contributed by atoms with E-state index in [0.29, 0.717) is 6.04 Å². The van der Waals surface area contributed by atoms with Gasteiger partial charge in [0.05, 0.1) is 5.69 Å². The monoisotopic (exact) mass is 223 g/mol. The number of anilines is 1. The first-order valence-corrected chi connectivity index (χ1v) is 6.31. The molecule has 3 heteroatoms. The van der Waals surface area contributed by atoms with Crippen molar-refractivity contribution in [3.05, 3.63) is 23.3 Å². The quantitative estimate of drug-likeness (QED) is 0.808. The molecule has 0 bridgehead atoms. The molecule has 0 spiro atoms. The lowest BCUT2D eigenvalue weighted by Crippen LogP contribution is -2.27. The van der Waals surface area contributed by atoms with Crippen molar-refractivity contribution in [3.8, 4) is 0 Å².